The number of hydrogen-bond donors (Lipinski definition) is 3. The van der Waals surface area contributed by atoms with Gasteiger partial charge in [-0.25, -0.2) is 0 Å². The number of hydrogen-bond acceptors (Lipinski definition) is 6. The zero-order chi connectivity index (χ0) is 14.0. The van der Waals surface area contributed by atoms with Crippen LogP contribution in [0.25, 0.3) is 0 Å². The van der Waals surface area contributed by atoms with Gasteiger partial charge in [0.25, 0.3) is 5.91 Å². The van der Waals surface area contributed by atoms with Gasteiger partial charge in [-0.1, -0.05) is 17.9 Å². The molecule has 1 atom stereocenters. The zero-order valence-corrected chi connectivity index (χ0v) is 11.4. The van der Waals surface area contributed by atoms with Gasteiger partial charge in [0, 0.05) is 12.0 Å². The van der Waals surface area contributed by atoms with Crippen LogP contribution in [0.3, 0.4) is 0 Å². The van der Waals surface area contributed by atoms with Crippen molar-refractivity contribution in [1.82, 2.24) is 15.5 Å². The van der Waals surface area contributed by atoms with Gasteiger partial charge in [-0.3, -0.25) is 10.2 Å². The summed E-state index contributed by atoms with van der Waals surface area (Å²) in [6.07, 6.45) is 2.23. The molecule has 1 aliphatic carbocycles. The Bertz CT molecular complexity index is 506. The number of aliphatic hydroxyl groups excluding tert-OH is 1. The molecule has 0 unspecified atom stereocenters. The fraction of sp³-hybridized carbons (Fsp3) is 0.500. The Morgan fingerprint density at radius 1 is 1.63 bits per heavy atom. The van der Waals surface area contributed by atoms with Gasteiger partial charge in [-0.05, 0) is 25.8 Å². The second kappa shape index (κ2) is 5.58. The normalized spacial score (nSPS) is 23.3. The molecule has 1 heterocycles. The smallest absolute Gasteiger partial charge is 0.269 e. The van der Waals surface area contributed by atoms with Gasteiger partial charge >= 0.3 is 0 Å². The van der Waals surface area contributed by atoms with Crippen molar-refractivity contribution in [3.63, 3.8) is 0 Å². The van der Waals surface area contributed by atoms with Crippen molar-refractivity contribution >= 4 is 23.0 Å². The molecule has 1 aromatic heterocycles. The highest BCUT2D eigenvalue weighted by Crippen LogP contribution is 2.38. The van der Waals surface area contributed by atoms with Crippen molar-refractivity contribution in [2.45, 2.75) is 37.8 Å². The van der Waals surface area contributed by atoms with Crippen molar-refractivity contribution in [2.75, 3.05) is 0 Å². The third-order valence-electron chi connectivity index (χ3n) is 3.08. The minimum Gasteiger partial charge on any atom is -0.386 e. The Balaban J connectivity index is 1.84. The number of aliphatic hydroxyl groups is 1. The van der Waals surface area contributed by atoms with Gasteiger partial charge in [-0.15, -0.1) is 10.2 Å². The molecule has 0 spiro atoms. The Morgan fingerprint density at radius 2 is 2.32 bits per heavy atom. The monoisotopic (exact) mass is 280 g/mol. The van der Waals surface area contributed by atoms with Crippen molar-refractivity contribution in [3.8, 4) is 0 Å². The predicted molar refractivity (Wildman–Crippen MR) is 72.4 cm³/mol. The fourth-order valence-corrected chi connectivity index (χ4v) is 2.78. The van der Waals surface area contributed by atoms with E-state index in [1.807, 2.05) is 0 Å². The van der Waals surface area contributed by atoms with Gasteiger partial charge in [-0.2, -0.15) is 0 Å². The molecular weight excluding hydrogens is 264 g/mol. The minimum absolute atomic E-state index is 0.0803. The lowest BCUT2D eigenvalue weighted by molar-refractivity contribution is -0.116. The molecule has 1 amide bonds. The number of carbonyl (C=O) groups excluding carboxylic acids is 1. The molecule has 7 heteroatoms. The number of amides is 1. The molecule has 0 aromatic carbocycles. The topological polar surface area (TPSA) is 99.0 Å². The molecule has 0 bridgehead atoms. The first-order valence-corrected chi connectivity index (χ1v) is 6.86. The Labute approximate surface area is 115 Å². The average molecular weight is 280 g/mol. The molecule has 0 aliphatic heterocycles. The Morgan fingerprint density at radius 3 is 2.84 bits per heavy atom. The summed E-state index contributed by atoms with van der Waals surface area (Å²) in [6.45, 7) is 5.05. The molecule has 6 nitrogen and oxygen atoms in total. The first-order chi connectivity index (χ1) is 9.01. The van der Waals surface area contributed by atoms with Gasteiger partial charge in [0.05, 0.1) is 0 Å². The van der Waals surface area contributed by atoms with E-state index in [1.54, 1.807) is 6.92 Å². The van der Waals surface area contributed by atoms with E-state index in [-0.39, 0.29) is 23.6 Å². The zero-order valence-electron chi connectivity index (χ0n) is 10.6. The summed E-state index contributed by atoms with van der Waals surface area (Å²) in [5.41, 5.74) is -0.115. The van der Waals surface area contributed by atoms with E-state index in [0.717, 1.165) is 17.8 Å². The van der Waals surface area contributed by atoms with E-state index < -0.39 is 6.10 Å². The molecule has 102 valence electrons. The van der Waals surface area contributed by atoms with Gasteiger partial charge in [0.15, 0.2) is 0 Å². The van der Waals surface area contributed by atoms with E-state index in [9.17, 15) is 9.90 Å². The Hall–Kier alpha value is -1.60. The van der Waals surface area contributed by atoms with Crippen molar-refractivity contribution < 1.29 is 9.90 Å². The highest BCUT2D eigenvalue weighted by atomic mass is 32.1. The highest BCUT2D eigenvalue weighted by molar-refractivity contribution is 7.11. The third-order valence-corrected chi connectivity index (χ3v) is 4.34. The second-order valence-electron chi connectivity index (χ2n) is 4.61. The van der Waals surface area contributed by atoms with E-state index in [2.05, 4.69) is 22.1 Å². The van der Waals surface area contributed by atoms with Crippen LogP contribution in [0.4, 0.5) is 0 Å². The van der Waals surface area contributed by atoms with Crippen LogP contribution >= 0.6 is 11.3 Å². The van der Waals surface area contributed by atoms with E-state index in [0.29, 0.717) is 5.01 Å². The van der Waals surface area contributed by atoms with Crippen LogP contribution < -0.4 is 5.32 Å². The fourth-order valence-electron chi connectivity index (χ4n) is 1.87. The second-order valence-corrected chi connectivity index (χ2v) is 5.65. The summed E-state index contributed by atoms with van der Waals surface area (Å²) in [6, 6.07) is 0.0803. The molecule has 0 radical (unpaired) electrons. The largest absolute Gasteiger partial charge is 0.386 e. The van der Waals surface area contributed by atoms with Crippen molar-refractivity contribution in [3.05, 3.63) is 22.7 Å². The molecule has 1 saturated carbocycles. The molecule has 3 N–H and O–H groups in total. The van der Waals surface area contributed by atoms with Crippen LogP contribution in [0.1, 0.15) is 41.8 Å². The summed E-state index contributed by atoms with van der Waals surface area (Å²) < 4.78 is 0. The summed E-state index contributed by atoms with van der Waals surface area (Å²) in [4.78, 5) is 11.4. The molecule has 0 saturated heterocycles. The van der Waals surface area contributed by atoms with Crippen LogP contribution in [0.5, 0.6) is 0 Å². The summed E-state index contributed by atoms with van der Waals surface area (Å²) >= 11 is 1.41. The molecule has 1 aliphatic rings. The first-order valence-electron chi connectivity index (χ1n) is 6.04. The van der Waals surface area contributed by atoms with Crippen LogP contribution in [0.2, 0.25) is 0 Å². The molecule has 1 aromatic rings. The summed E-state index contributed by atoms with van der Waals surface area (Å²) in [5, 5.41) is 29.0. The lowest BCUT2D eigenvalue weighted by Gasteiger charge is -2.34. The number of carbonyl (C=O) groups is 1. The quantitative estimate of drug-likeness (QED) is 0.705. The van der Waals surface area contributed by atoms with Crippen LogP contribution in [-0.2, 0) is 4.79 Å². The number of rotatable bonds is 5. The van der Waals surface area contributed by atoms with Gasteiger partial charge in [0.2, 0.25) is 0 Å². The van der Waals surface area contributed by atoms with E-state index in [4.69, 9.17) is 5.41 Å². The predicted octanol–water partition coefficient (Wildman–Crippen LogP) is 1.16. The summed E-state index contributed by atoms with van der Waals surface area (Å²) in [5.74, 6) is -0.103. The first kappa shape index (κ1) is 13.8. The van der Waals surface area contributed by atoms with E-state index in [1.165, 1.54) is 17.4 Å². The minimum atomic E-state index is -0.588. The third kappa shape index (κ3) is 3.05. The average Bonchev–Trinajstić information content (AvgIpc) is 2.81. The Kier molecular flexibility index (Phi) is 4.06. The number of nitrogens with zero attached hydrogens (tertiary/aromatic N) is 2. The highest BCUT2D eigenvalue weighted by Gasteiger charge is 2.34. The lowest BCUT2D eigenvalue weighted by atomic mass is 9.80. The van der Waals surface area contributed by atoms with Crippen LogP contribution in [0.15, 0.2) is 12.7 Å². The maximum atomic E-state index is 11.4. The standard InChI is InChI=1S/C12H16N4O2S/c1-3-9(13)10(18)14-8-4-7(5-8)12-16-15-11(19-12)6(2)17/h3,6-8,13,17H,1,4-5H2,2H3,(H,14,18)/t6-,7?,8?/m0/s1. The van der Waals surface area contributed by atoms with Crippen molar-refractivity contribution in [2.24, 2.45) is 0 Å². The molecular formula is C12H16N4O2S. The maximum Gasteiger partial charge on any atom is 0.269 e. The number of nitrogens with one attached hydrogen (secondary N) is 2. The van der Waals surface area contributed by atoms with Crippen molar-refractivity contribution in [1.29, 1.82) is 5.41 Å². The van der Waals surface area contributed by atoms with Gasteiger partial charge < -0.3 is 10.4 Å². The van der Waals surface area contributed by atoms with Gasteiger partial charge in [0.1, 0.15) is 21.8 Å². The molecule has 19 heavy (non-hydrogen) atoms. The maximum absolute atomic E-state index is 11.4. The lowest BCUT2D eigenvalue weighted by Crippen LogP contribution is -2.45. The number of aromatic nitrogens is 2. The molecule has 2 rings (SSSR count). The van der Waals surface area contributed by atoms with E-state index >= 15 is 0 Å². The summed E-state index contributed by atoms with van der Waals surface area (Å²) in [7, 11) is 0. The van der Waals surface area contributed by atoms with Crippen LogP contribution in [-0.4, -0.2) is 33.0 Å². The SMILES string of the molecule is C=CC(=N)C(=O)NC1CC(c2nnc([C@H](C)O)s2)C1. The molecule has 1 fully saturated rings. The van der Waals surface area contributed by atoms with Crippen LogP contribution in [0, 0.1) is 5.41 Å².